The molecule has 0 bridgehead atoms. The zero-order chi connectivity index (χ0) is 10.8. The van der Waals surface area contributed by atoms with Crippen molar-refractivity contribution in [2.45, 2.75) is 13.3 Å². The summed E-state index contributed by atoms with van der Waals surface area (Å²) in [5.74, 6) is -0.202. The number of halogens is 1. The Bertz CT molecular complexity index is 415. The lowest BCUT2D eigenvalue weighted by Gasteiger charge is -2.22. The summed E-state index contributed by atoms with van der Waals surface area (Å²) >= 11 is 0. The molecule has 78 valence electrons. The maximum atomic E-state index is 12.8. The van der Waals surface area contributed by atoms with E-state index >= 15 is 0 Å². The summed E-state index contributed by atoms with van der Waals surface area (Å²) in [6, 6.07) is 6.56. The number of rotatable bonds is 1. The Morgan fingerprint density at radius 1 is 1.27 bits per heavy atom. The van der Waals surface area contributed by atoms with Gasteiger partial charge in [-0.2, -0.15) is 0 Å². The third kappa shape index (κ3) is 1.94. The normalized spacial score (nSPS) is 16.5. The van der Waals surface area contributed by atoms with Crippen LogP contribution < -0.4 is 5.32 Å². The number of nitrogens with one attached hydrogen (secondary N) is 1. The Labute approximate surface area is 89.3 Å². The zero-order valence-electron chi connectivity index (χ0n) is 8.81. The van der Waals surface area contributed by atoms with E-state index in [9.17, 15) is 4.39 Å². The number of allylic oxidation sites excluding steroid dienone is 1. The SMILES string of the molecule is C=C1NCCC(C)=C1c1ccc(F)cc1. The topological polar surface area (TPSA) is 12.0 Å². The Morgan fingerprint density at radius 2 is 1.93 bits per heavy atom. The van der Waals surface area contributed by atoms with Crippen LogP contribution in [0.15, 0.2) is 42.1 Å². The molecule has 1 aliphatic heterocycles. The van der Waals surface area contributed by atoms with Crippen LogP contribution in [0.5, 0.6) is 0 Å². The summed E-state index contributed by atoms with van der Waals surface area (Å²) in [7, 11) is 0. The van der Waals surface area contributed by atoms with E-state index in [0.29, 0.717) is 0 Å². The van der Waals surface area contributed by atoms with Gasteiger partial charge in [-0.3, -0.25) is 0 Å². The van der Waals surface area contributed by atoms with Crippen molar-refractivity contribution >= 4 is 5.57 Å². The predicted octanol–water partition coefficient (Wildman–Crippen LogP) is 3.11. The van der Waals surface area contributed by atoms with Crippen LogP contribution in [0.2, 0.25) is 0 Å². The van der Waals surface area contributed by atoms with Gasteiger partial charge in [0.05, 0.1) is 0 Å². The number of hydrogen-bond acceptors (Lipinski definition) is 1. The lowest BCUT2D eigenvalue weighted by atomic mass is 9.94. The lowest BCUT2D eigenvalue weighted by Crippen LogP contribution is -2.21. The van der Waals surface area contributed by atoms with Crippen molar-refractivity contribution in [3.8, 4) is 0 Å². The summed E-state index contributed by atoms with van der Waals surface area (Å²) in [5, 5.41) is 3.23. The van der Waals surface area contributed by atoms with Crippen molar-refractivity contribution in [2.24, 2.45) is 0 Å². The molecule has 0 fully saturated rings. The van der Waals surface area contributed by atoms with Crippen LogP contribution in [0.4, 0.5) is 4.39 Å². The standard InChI is InChI=1S/C13H14FN/c1-9-7-8-15-10(2)13(9)11-3-5-12(14)6-4-11/h3-6,15H,2,7-8H2,1H3. The van der Waals surface area contributed by atoms with Gasteiger partial charge in [0.15, 0.2) is 0 Å². The Hall–Kier alpha value is -1.57. The molecule has 0 aromatic heterocycles. The first kappa shape index (κ1) is 9.97. The fraction of sp³-hybridized carbons (Fsp3) is 0.231. The van der Waals surface area contributed by atoms with E-state index in [1.807, 2.05) is 0 Å². The Morgan fingerprint density at radius 3 is 2.53 bits per heavy atom. The summed E-state index contributed by atoms with van der Waals surface area (Å²) in [4.78, 5) is 0. The third-order valence-electron chi connectivity index (χ3n) is 2.70. The lowest BCUT2D eigenvalue weighted by molar-refractivity contribution is 0.627. The van der Waals surface area contributed by atoms with E-state index in [1.54, 1.807) is 12.1 Å². The quantitative estimate of drug-likeness (QED) is 0.739. The molecule has 0 aliphatic carbocycles. The highest BCUT2D eigenvalue weighted by Crippen LogP contribution is 2.28. The van der Waals surface area contributed by atoms with E-state index in [-0.39, 0.29) is 5.82 Å². The first-order valence-corrected chi connectivity index (χ1v) is 5.07. The molecule has 1 N–H and O–H groups in total. The molecule has 1 aromatic carbocycles. The first-order chi connectivity index (χ1) is 7.18. The summed E-state index contributed by atoms with van der Waals surface area (Å²) in [6.07, 6.45) is 1.02. The second-order valence-electron chi connectivity index (χ2n) is 3.82. The first-order valence-electron chi connectivity index (χ1n) is 5.07. The molecule has 1 nitrogen and oxygen atoms in total. The van der Waals surface area contributed by atoms with E-state index in [4.69, 9.17) is 0 Å². The minimum atomic E-state index is -0.202. The molecule has 1 heterocycles. The molecule has 0 saturated heterocycles. The molecule has 1 aliphatic rings. The van der Waals surface area contributed by atoms with E-state index in [0.717, 1.165) is 29.8 Å². The van der Waals surface area contributed by atoms with Gasteiger partial charge in [-0.25, -0.2) is 4.39 Å². The maximum Gasteiger partial charge on any atom is 0.123 e. The minimum absolute atomic E-state index is 0.202. The molecule has 0 radical (unpaired) electrons. The van der Waals surface area contributed by atoms with Gasteiger partial charge in [0, 0.05) is 17.8 Å². The van der Waals surface area contributed by atoms with Crippen LogP contribution in [-0.4, -0.2) is 6.54 Å². The fourth-order valence-corrected chi connectivity index (χ4v) is 1.91. The highest BCUT2D eigenvalue weighted by Gasteiger charge is 2.13. The van der Waals surface area contributed by atoms with Gasteiger partial charge in [0.1, 0.15) is 5.82 Å². The van der Waals surface area contributed by atoms with E-state index < -0.39 is 0 Å². The number of benzene rings is 1. The van der Waals surface area contributed by atoms with Crippen LogP contribution in [0.1, 0.15) is 18.9 Å². The summed E-state index contributed by atoms with van der Waals surface area (Å²) in [5.41, 5.74) is 4.41. The number of hydrogen-bond donors (Lipinski definition) is 1. The van der Waals surface area contributed by atoms with Gasteiger partial charge in [-0.1, -0.05) is 24.3 Å². The molecule has 0 atom stereocenters. The van der Waals surface area contributed by atoms with Crippen LogP contribution in [0.25, 0.3) is 5.57 Å². The maximum absolute atomic E-state index is 12.8. The molecule has 0 unspecified atom stereocenters. The summed E-state index contributed by atoms with van der Waals surface area (Å²) in [6.45, 7) is 7.02. The van der Waals surface area contributed by atoms with Gasteiger partial charge in [-0.05, 0) is 31.0 Å². The average molecular weight is 203 g/mol. The van der Waals surface area contributed by atoms with Crippen molar-refractivity contribution in [2.75, 3.05) is 6.54 Å². The van der Waals surface area contributed by atoms with Crippen molar-refractivity contribution in [3.05, 3.63) is 53.5 Å². The van der Waals surface area contributed by atoms with Gasteiger partial charge in [0.25, 0.3) is 0 Å². The van der Waals surface area contributed by atoms with Crippen molar-refractivity contribution < 1.29 is 4.39 Å². The second kappa shape index (κ2) is 3.89. The molecule has 2 heteroatoms. The van der Waals surface area contributed by atoms with Gasteiger partial charge in [-0.15, -0.1) is 0 Å². The molecule has 15 heavy (non-hydrogen) atoms. The molecule has 0 amide bonds. The van der Waals surface area contributed by atoms with Crippen molar-refractivity contribution in [1.29, 1.82) is 0 Å². The Kier molecular flexibility index (Phi) is 2.58. The smallest absolute Gasteiger partial charge is 0.123 e. The second-order valence-corrected chi connectivity index (χ2v) is 3.82. The molecule has 0 saturated carbocycles. The molecule has 0 spiro atoms. The van der Waals surface area contributed by atoms with Crippen LogP contribution in [0.3, 0.4) is 0 Å². The summed E-state index contributed by atoms with van der Waals surface area (Å²) < 4.78 is 12.8. The van der Waals surface area contributed by atoms with Crippen LogP contribution in [0, 0.1) is 5.82 Å². The average Bonchev–Trinajstić information content (AvgIpc) is 2.20. The predicted molar refractivity (Wildman–Crippen MR) is 60.8 cm³/mol. The monoisotopic (exact) mass is 203 g/mol. The van der Waals surface area contributed by atoms with Crippen molar-refractivity contribution in [3.63, 3.8) is 0 Å². The van der Waals surface area contributed by atoms with Gasteiger partial charge < -0.3 is 5.32 Å². The zero-order valence-corrected chi connectivity index (χ0v) is 8.81. The third-order valence-corrected chi connectivity index (χ3v) is 2.70. The van der Waals surface area contributed by atoms with Gasteiger partial charge >= 0.3 is 0 Å². The highest BCUT2D eigenvalue weighted by atomic mass is 19.1. The van der Waals surface area contributed by atoms with Crippen molar-refractivity contribution in [1.82, 2.24) is 5.32 Å². The minimum Gasteiger partial charge on any atom is -0.385 e. The fourth-order valence-electron chi connectivity index (χ4n) is 1.91. The van der Waals surface area contributed by atoms with Crippen LogP contribution >= 0.6 is 0 Å². The van der Waals surface area contributed by atoms with Gasteiger partial charge in [0.2, 0.25) is 0 Å². The largest absolute Gasteiger partial charge is 0.385 e. The highest BCUT2D eigenvalue weighted by molar-refractivity contribution is 5.80. The molecular formula is C13H14FN. The molecular weight excluding hydrogens is 189 g/mol. The molecule has 2 rings (SSSR count). The van der Waals surface area contributed by atoms with E-state index in [2.05, 4.69) is 18.8 Å². The Balaban J connectivity index is 2.44. The van der Waals surface area contributed by atoms with E-state index in [1.165, 1.54) is 17.7 Å². The van der Waals surface area contributed by atoms with Crippen LogP contribution in [-0.2, 0) is 0 Å². The molecule has 1 aromatic rings.